The number of rotatable bonds is 5. The summed E-state index contributed by atoms with van der Waals surface area (Å²) in [6, 6.07) is 17.7. The predicted molar refractivity (Wildman–Crippen MR) is 89.7 cm³/mol. The van der Waals surface area contributed by atoms with Crippen LogP contribution in [0.5, 0.6) is 0 Å². The molecule has 0 spiro atoms. The lowest BCUT2D eigenvalue weighted by Crippen LogP contribution is -2.14. The molecule has 1 unspecified atom stereocenters. The van der Waals surface area contributed by atoms with Gasteiger partial charge in [-0.25, -0.2) is 4.99 Å². The van der Waals surface area contributed by atoms with Gasteiger partial charge in [-0.2, -0.15) is 0 Å². The van der Waals surface area contributed by atoms with Crippen molar-refractivity contribution in [1.82, 2.24) is 0 Å². The van der Waals surface area contributed by atoms with Crippen LogP contribution in [0.15, 0.2) is 64.6 Å². The molecule has 0 aromatic heterocycles. The van der Waals surface area contributed by atoms with Gasteiger partial charge >= 0.3 is 0 Å². The lowest BCUT2D eigenvalue weighted by molar-refractivity contribution is -0.115. The molecule has 1 N–H and O–H groups in total. The summed E-state index contributed by atoms with van der Waals surface area (Å²) in [4.78, 5) is 20.2. The molecule has 4 nitrogen and oxygen atoms in total. The first-order valence-corrected chi connectivity index (χ1v) is 7.27. The number of anilines is 1. The number of hydrogen-bond donors (Lipinski definition) is 1. The van der Waals surface area contributed by atoms with E-state index in [-0.39, 0.29) is 11.9 Å². The summed E-state index contributed by atoms with van der Waals surface area (Å²) in [5, 5.41) is 2.89. The third-order valence-electron chi connectivity index (χ3n) is 3.47. The van der Waals surface area contributed by atoms with Crippen molar-refractivity contribution in [3.63, 3.8) is 0 Å². The molecule has 1 aliphatic heterocycles. The van der Waals surface area contributed by atoms with Crippen LogP contribution in [-0.2, 0) is 17.6 Å². The monoisotopic (exact) mass is 291 g/mol. The van der Waals surface area contributed by atoms with Crippen molar-refractivity contribution >= 4 is 24.1 Å². The van der Waals surface area contributed by atoms with Crippen LogP contribution in [0.1, 0.15) is 11.1 Å². The molecule has 1 amide bonds. The first kappa shape index (κ1) is 14.2. The first-order valence-electron chi connectivity index (χ1n) is 7.27. The molecule has 0 fully saturated rings. The van der Waals surface area contributed by atoms with Gasteiger partial charge in [-0.1, -0.05) is 42.5 Å². The Hall–Kier alpha value is -2.75. The smallest absolute Gasteiger partial charge is 0.228 e. The third kappa shape index (κ3) is 3.88. The topological polar surface area (TPSA) is 53.8 Å². The van der Waals surface area contributed by atoms with Crippen LogP contribution >= 0.6 is 0 Å². The van der Waals surface area contributed by atoms with E-state index in [0.29, 0.717) is 6.42 Å². The highest BCUT2D eigenvalue weighted by molar-refractivity contribution is 5.92. The van der Waals surface area contributed by atoms with Crippen molar-refractivity contribution < 1.29 is 4.79 Å². The first-order chi connectivity index (χ1) is 10.8. The molecule has 1 heterocycles. The average Bonchev–Trinajstić information content (AvgIpc) is 3.03. The second-order valence-corrected chi connectivity index (χ2v) is 5.24. The lowest BCUT2D eigenvalue weighted by Gasteiger charge is -2.07. The number of nitrogens with zero attached hydrogens (tertiary/aromatic N) is 2. The summed E-state index contributed by atoms with van der Waals surface area (Å²) in [7, 11) is 0. The van der Waals surface area contributed by atoms with Crippen LogP contribution in [0, 0.1) is 0 Å². The van der Waals surface area contributed by atoms with Gasteiger partial charge in [0.15, 0.2) is 0 Å². The molecular formula is C18H17N3O. The van der Waals surface area contributed by atoms with Crippen LogP contribution in [0.25, 0.3) is 0 Å². The van der Waals surface area contributed by atoms with Crippen LogP contribution in [0.4, 0.5) is 5.69 Å². The SMILES string of the molecule is O=C(Cc1ccc(CC2C=NC=N2)cc1)Nc1ccccc1. The van der Waals surface area contributed by atoms with Crippen LogP contribution in [0.3, 0.4) is 0 Å². The Morgan fingerprint density at radius 1 is 1.00 bits per heavy atom. The van der Waals surface area contributed by atoms with Gasteiger partial charge in [0.25, 0.3) is 0 Å². The van der Waals surface area contributed by atoms with E-state index in [1.807, 2.05) is 60.8 Å². The van der Waals surface area contributed by atoms with Crippen molar-refractivity contribution in [2.45, 2.75) is 18.9 Å². The average molecular weight is 291 g/mol. The second kappa shape index (κ2) is 6.80. The summed E-state index contributed by atoms with van der Waals surface area (Å²) >= 11 is 0. The fraction of sp³-hybridized carbons (Fsp3) is 0.167. The van der Waals surface area contributed by atoms with Crippen LogP contribution in [-0.4, -0.2) is 24.5 Å². The van der Waals surface area contributed by atoms with Crippen LogP contribution < -0.4 is 5.32 Å². The molecule has 110 valence electrons. The fourth-order valence-electron chi connectivity index (χ4n) is 2.35. The minimum Gasteiger partial charge on any atom is -0.326 e. The zero-order valence-corrected chi connectivity index (χ0v) is 12.1. The van der Waals surface area contributed by atoms with Gasteiger partial charge in [-0.05, 0) is 29.7 Å². The van der Waals surface area contributed by atoms with Gasteiger partial charge < -0.3 is 5.32 Å². The zero-order chi connectivity index (χ0) is 15.2. The maximum atomic E-state index is 12.0. The number of nitrogens with one attached hydrogen (secondary N) is 1. The zero-order valence-electron chi connectivity index (χ0n) is 12.1. The van der Waals surface area contributed by atoms with Gasteiger partial charge in [0, 0.05) is 11.9 Å². The van der Waals surface area contributed by atoms with Gasteiger partial charge in [0.05, 0.1) is 12.5 Å². The number of para-hydroxylation sites is 1. The summed E-state index contributed by atoms with van der Waals surface area (Å²) in [6.45, 7) is 0. The Morgan fingerprint density at radius 2 is 1.73 bits per heavy atom. The summed E-state index contributed by atoms with van der Waals surface area (Å²) < 4.78 is 0. The minimum atomic E-state index is -0.00789. The number of carbonyl (C=O) groups is 1. The molecule has 3 rings (SSSR count). The fourth-order valence-corrected chi connectivity index (χ4v) is 2.35. The van der Waals surface area contributed by atoms with E-state index in [0.717, 1.165) is 17.7 Å². The molecular weight excluding hydrogens is 274 g/mol. The Labute approximate surface area is 129 Å². The maximum Gasteiger partial charge on any atom is 0.228 e. The Bertz CT molecular complexity index is 678. The highest BCUT2D eigenvalue weighted by Gasteiger charge is 2.08. The number of carbonyl (C=O) groups excluding carboxylic acids is 1. The standard InChI is InChI=1S/C18H17N3O/c22-18(21-16-4-2-1-3-5-16)11-15-8-6-14(7-9-15)10-17-12-19-13-20-17/h1-9,12-13,17H,10-11H2,(H,21,22). The Morgan fingerprint density at radius 3 is 2.41 bits per heavy atom. The van der Waals surface area contributed by atoms with E-state index in [4.69, 9.17) is 0 Å². The van der Waals surface area contributed by atoms with E-state index in [1.54, 1.807) is 6.34 Å². The molecule has 0 saturated carbocycles. The molecule has 2 aromatic rings. The molecule has 0 saturated heterocycles. The maximum absolute atomic E-state index is 12.0. The normalized spacial score (nSPS) is 15.9. The Balaban J connectivity index is 1.55. The van der Waals surface area contributed by atoms with Gasteiger partial charge in [0.2, 0.25) is 5.91 Å². The quantitative estimate of drug-likeness (QED) is 0.904. The van der Waals surface area contributed by atoms with Crippen molar-refractivity contribution in [2.75, 3.05) is 5.32 Å². The minimum absolute atomic E-state index is 0.00789. The van der Waals surface area contributed by atoms with Gasteiger partial charge in [0.1, 0.15) is 6.34 Å². The number of aliphatic imine (C=N–C) groups is 2. The summed E-state index contributed by atoms with van der Waals surface area (Å²) in [5.74, 6) is -0.00789. The van der Waals surface area contributed by atoms with Crippen molar-refractivity contribution in [1.29, 1.82) is 0 Å². The third-order valence-corrected chi connectivity index (χ3v) is 3.47. The molecule has 4 heteroatoms. The van der Waals surface area contributed by atoms with E-state index in [2.05, 4.69) is 15.3 Å². The number of benzene rings is 2. The van der Waals surface area contributed by atoms with Gasteiger partial charge in [-0.15, -0.1) is 0 Å². The van der Waals surface area contributed by atoms with Gasteiger partial charge in [-0.3, -0.25) is 9.79 Å². The highest BCUT2D eigenvalue weighted by Crippen LogP contribution is 2.11. The van der Waals surface area contributed by atoms with Crippen molar-refractivity contribution in [3.8, 4) is 0 Å². The molecule has 0 radical (unpaired) electrons. The largest absolute Gasteiger partial charge is 0.326 e. The molecule has 1 aliphatic rings. The second-order valence-electron chi connectivity index (χ2n) is 5.24. The number of amides is 1. The molecule has 2 aromatic carbocycles. The van der Waals surface area contributed by atoms with Crippen LogP contribution in [0.2, 0.25) is 0 Å². The van der Waals surface area contributed by atoms with E-state index in [1.165, 1.54) is 5.56 Å². The highest BCUT2D eigenvalue weighted by atomic mass is 16.1. The summed E-state index contributed by atoms with van der Waals surface area (Å²) in [5.41, 5.74) is 3.02. The Kier molecular flexibility index (Phi) is 4.39. The van der Waals surface area contributed by atoms with E-state index in [9.17, 15) is 4.79 Å². The number of hydrogen-bond acceptors (Lipinski definition) is 3. The van der Waals surface area contributed by atoms with E-state index < -0.39 is 0 Å². The van der Waals surface area contributed by atoms with Crippen molar-refractivity contribution in [2.24, 2.45) is 9.98 Å². The predicted octanol–water partition coefficient (Wildman–Crippen LogP) is 2.89. The molecule has 22 heavy (non-hydrogen) atoms. The summed E-state index contributed by atoms with van der Waals surface area (Å²) in [6.07, 6.45) is 4.66. The van der Waals surface area contributed by atoms with Crippen molar-refractivity contribution in [3.05, 3.63) is 65.7 Å². The molecule has 1 atom stereocenters. The lowest BCUT2D eigenvalue weighted by atomic mass is 10.0. The van der Waals surface area contributed by atoms with E-state index >= 15 is 0 Å². The molecule has 0 bridgehead atoms. The molecule has 0 aliphatic carbocycles.